The fourth-order valence-corrected chi connectivity index (χ4v) is 1.76. The van der Waals surface area contributed by atoms with E-state index in [2.05, 4.69) is 13.8 Å². The summed E-state index contributed by atoms with van der Waals surface area (Å²) in [6, 6.07) is 0. The minimum absolute atomic E-state index is 0.302. The van der Waals surface area contributed by atoms with Crippen molar-refractivity contribution in [2.75, 3.05) is 13.2 Å². The SMILES string of the molecule is CC(C)[C@@H]1COCC[C@]1(C)O. The van der Waals surface area contributed by atoms with Gasteiger partial charge in [-0.05, 0) is 19.3 Å². The van der Waals surface area contributed by atoms with Gasteiger partial charge in [-0.25, -0.2) is 0 Å². The quantitative estimate of drug-likeness (QED) is 0.625. The van der Waals surface area contributed by atoms with E-state index in [0.29, 0.717) is 25.0 Å². The first-order valence-corrected chi connectivity index (χ1v) is 4.34. The number of aliphatic hydroxyl groups is 1. The zero-order valence-corrected chi connectivity index (χ0v) is 7.63. The summed E-state index contributed by atoms with van der Waals surface area (Å²) in [5, 5.41) is 9.92. The zero-order valence-electron chi connectivity index (χ0n) is 7.63. The highest BCUT2D eigenvalue weighted by atomic mass is 16.5. The van der Waals surface area contributed by atoms with Crippen LogP contribution in [0.1, 0.15) is 27.2 Å². The Morgan fingerprint density at radius 1 is 1.55 bits per heavy atom. The molecule has 0 amide bonds. The molecule has 0 spiro atoms. The summed E-state index contributed by atoms with van der Waals surface area (Å²) in [5.41, 5.74) is -0.508. The van der Waals surface area contributed by atoms with Crippen molar-refractivity contribution in [3.05, 3.63) is 0 Å². The summed E-state index contributed by atoms with van der Waals surface area (Å²) in [6.07, 6.45) is 0.774. The van der Waals surface area contributed by atoms with Crippen LogP contribution in [-0.4, -0.2) is 23.9 Å². The maximum atomic E-state index is 9.92. The maximum Gasteiger partial charge on any atom is 0.0694 e. The second-order valence-corrected chi connectivity index (χ2v) is 4.03. The van der Waals surface area contributed by atoms with E-state index in [1.807, 2.05) is 6.92 Å². The Morgan fingerprint density at radius 2 is 2.18 bits per heavy atom. The van der Waals surface area contributed by atoms with Crippen molar-refractivity contribution in [1.82, 2.24) is 0 Å². The predicted molar refractivity (Wildman–Crippen MR) is 44.4 cm³/mol. The normalized spacial score (nSPS) is 39.5. The van der Waals surface area contributed by atoms with E-state index in [1.54, 1.807) is 0 Å². The molecule has 0 radical (unpaired) electrons. The molecule has 0 aromatic carbocycles. The van der Waals surface area contributed by atoms with Gasteiger partial charge >= 0.3 is 0 Å². The summed E-state index contributed by atoms with van der Waals surface area (Å²) >= 11 is 0. The molecule has 1 aliphatic heterocycles. The number of ether oxygens (including phenoxy) is 1. The highest BCUT2D eigenvalue weighted by Crippen LogP contribution is 2.31. The average molecular weight is 158 g/mol. The Labute approximate surface area is 68.6 Å². The minimum atomic E-state index is -0.508. The van der Waals surface area contributed by atoms with Gasteiger partial charge in [0.15, 0.2) is 0 Å². The summed E-state index contributed by atoms with van der Waals surface area (Å²) in [5.74, 6) is 0.807. The molecule has 0 aliphatic carbocycles. The van der Waals surface area contributed by atoms with Crippen molar-refractivity contribution >= 4 is 0 Å². The van der Waals surface area contributed by atoms with E-state index in [-0.39, 0.29) is 0 Å². The molecular weight excluding hydrogens is 140 g/mol. The van der Waals surface area contributed by atoms with Crippen LogP contribution in [0.5, 0.6) is 0 Å². The molecule has 2 heteroatoms. The lowest BCUT2D eigenvalue weighted by molar-refractivity contribution is -0.115. The molecule has 2 nitrogen and oxygen atoms in total. The third kappa shape index (κ3) is 1.94. The molecule has 1 heterocycles. The number of hydrogen-bond acceptors (Lipinski definition) is 2. The van der Waals surface area contributed by atoms with Crippen LogP contribution in [0.3, 0.4) is 0 Å². The van der Waals surface area contributed by atoms with Crippen molar-refractivity contribution in [3.63, 3.8) is 0 Å². The van der Waals surface area contributed by atoms with Crippen LogP contribution in [0.15, 0.2) is 0 Å². The van der Waals surface area contributed by atoms with Gasteiger partial charge in [-0.15, -0.1) is 0 Å². The molecule has 1 aliphatic rings. The smallest absolute Gasteiger partial charge is 0.0694 e. The lowest BCUT2D eigenvalue weighted by Gasteiger charge is -2.39. The number of rotatable bonds is 1. The molecule has 0 unspecified atom stereocenters. The molecule has 11 heavy (non-hydrogen) atoms. The zero-order chi connectivity index (χ0) is 8.48. The lowest BCUT2D eigenvalue weighted by Crippen LogP contribution is -2.45. The molecule has 1 saturated heterocycles. The Bertz CT molecular complexity index is 130. The van der Waals surface area contributed by atoms with Crippen molar-refractivity contribution in [2.45, 2.75) is 32.8 Å². The van der Waals surface area contributed by atoms with Crippen LogP contribution in [0.4, 0.5) is 0 Å². The fourth-order valence-electron chi connectivity index (χ4n) is 1.76. The summed E-state index contributed by atoms with van der Waals surface area (Å²) in [6.45, 7) is 7.60. The van der Waals surface area contributed by atoms with Crippen LogP contribution in [0, 0.1) is 11.8 Å². The molecular formula is C9H18O2. The van der Waals surface area contributed by atoms with Gasteiger partial charge in [0.25, 0.3) is 0 Å². The van der Waals surface area contributed by atoms with E-state index in [9.17, 15) is 5.11 Å². The molecule has 0 aromatic rings. The molecule has 0 aromatic heterocycles. The van der Waals surface area contributed by atoms with Gasteiger partial charge in [-0.2, -0.15) is 0 Å². The Kier molecular flexibility index (Phi) is 2.55. The van der Waals surface area contributed by atoms with Crippen LogP contribution >= 0.6 is 0 Å². The molecule has 2 atom stereocenters. The first kappa shape index (κ1) is 9.01. The largest absolute Gasteiger partial charge is 0.390 e. The van der Waals surface area contributed by atoms with Gasteiger partial charge in [0.1, 0.15) is 0 Å². The van der Waals surface area contributed by atoms with Gasteiger partial charge < -0.3 is 9.84 Å². The third-order valence-corrected chi connectivity index (χ3v) is 2.65. The second kappa shape index (κ2) is 3.11. The maximum absolute atomic E-state index is 9.92. The molecule has 1 rings (SSSR count). The standard InChI is InChI=1S/C9H18O2/c1-7(2)8-6-11-5-4-9(8,3)10/h7-8,10H,4-6H2,1-3H3/t8-,9-/m0/s1. The average Bonchev–Trinajstić information content (AvgIpc) is 1.85. The van der Waals surface area contributed by atoms with E-state index >= 15 is 0 Å². The predicted octanol–water partition coefficient (Wildman–Crippen LogP) is 1.43. The van der Waals surface area contributed by atoms with Crippen LogP contribution in [0.2, 0.25) is 0 Å². The van der Waals surface area contributed by atoms with Crippen LogP contribution in [0.25, 0.3) is 0 Å². The van der Waals surface area contributed by atoms with E-state index in [4.69, 9.17) is 4.74 Å². The Balaban J connectivity index is 2.60. The van der Waals surface area contributed by atoms with Crippen molar-refractivity contribution in [1.29, 1.82) is 0 Å². The monoisotopic (exact) mass is 158 g/mol. The fraction of sp³-hybridized carbons (Fsp3) is 1.00. The van der Waals surface area contributed by atoms with Gasteiger partial charge in [-0.1, -0.05) is 13.8 Å². The summed E-state index contributed by atoms with van der Waals surface area (Å²) in [7, 11) is 0. The summed E-state index contributed by atoms with van der Waals surface area (Å²) in [4.78, 5) is 0. The second-order valence-electron chi connectivity index (χ2n) is 4.03. The Hall–Kier alpha value is -0.0800. The summed E-state index contributed by atoms with van der Waals surface area (Å²) < 4.78 is 5.32. The van der Waals surface area contributed by atoms with Gasteiger partial charge in [0.2, 0.25) is 0 Å². The number of hydrogen-bond donors (Lipinski definition) is 1. The van der Waals surface area contributed by atoms with Crippen molar-refractivity contribution in [3.8, 4) is 0 Å². The Morgan fingerprint density at radius 3 is 2.55 bits per heavy atom. The van der Waals surface area contributed by atoms with E-state index in [0.717, 1.165) is 6.42 Å². The molecule has 66 valence electrons. The van der Waals surface area contributed by atoms with Gasteiger partial charge in [-0.3, -0.25) is 0 Å². The molecule has 0 bridgehead atoms. The van der Waals surface area contributed by atoms with Crippen molar-refractivity contribution < 1.29 is 9.84 Å². The van der Waals surface area contributed by atoms with E-state index < -0.39 is 5.60 Å². The highest BCUT2D eigenvalue weighted by molar-refractivity contribution is 4.86. The van der Waals surface area contributed by atoms with E-state index in [1.165, 1.54) is 0 Å². The molecule has 0 saturated carbocycles. The molecule has 1 fully saturated rings. The van der Waals surface area contributed by atoms with Crippen molar-refractivity contribution in [2.24, 2.45) is 11.8 Å². The van der Waals surface area contributed by atoms with Gasteiger partial charge in [0, 0.05) is 12.5 Å². The first-order valence-electron chi connectivity index (χ1n) is 4.34. The van der Waals surface area contributed by atoms with Gasteiger partial charge in [0.05, 0.1) is 12.2 Å². The first-order chi connectivity index (χ1) is 5.04. The highest BCUT2D eigenvalue weighted by Gasteiger charge is 2.36. The third-order valence-electron chi connectivity index (χ3n) is 2.65. The minimum Gasteiger partial charge on any atom is -0.390 e. The van der Waals surface area contributed by atoms with Crippen LogP contribution < -0.4 is 0 Å². The molecule has 1 N–H and O–H groups in total. The lowest BCUT2D eigenvalue weighted by atomic mass is 9.78. The van der Waals surface area contributed by atoms with Crippen LogP contribution in [-0.2, 0) is 4.74 Å². The topological polar surface area (TPSA) is 29.5 Å².